The highest BCUT2D eigenvalue weighted by Crippen LogP contribution is 2.21. The quantitative estimate of drug-likeness (QED) is 0.746. The summed E-state index contributed by atoms with van der Waals surface area (Å²) in [5.74, 6) is 0. The predicted molar refractivity (Wildman–Crippen MR) is 62.0 cm³/mol. The average Bonchev–Trinajstić information content (AvgIpc) is 2.28. The van der Waals surface area contributed by atoms with Crippen molar-refractivity contribution < 1.29 is 4.79 Å². The van der Waals surface area contributed by atoms with Crippen molar-refractivity contribution in [2.45, 2.75) is 32.2 Å². The zero-order valence-electron chi connectivity index (χ0n) is 10.3. The zero-order valence-corrected chi connectivity index (χ0v) is 10.3. The fourth-order valence-corrected chi connectivity index (χ4v) is 1.82. The number of rotatable bonds is 2. The van der Waals surface area contributed by atoms with E-state index in [-0.39, 0.29) is 11.6 Å². The summed E-state index contributed by atoms with van der Waals surface area (Å²) in [4.78, 5) is 15.6. The lowest BCUT2D eigenvalue weighted by molar-refractivity contribution is 0.130. The van der Waals surface area contributed by atoms with Crippen LogP contribution in [-0.4, -0.2) is 55.1 Å². The van der Waals surface area contributed by atoms with Gasteiger partial charge in [0.25, 0.3) is 0 Å². The van der Waals surface area contributed by atoms with Gasteiger partial charge in [-0.15, -0.1) is 0 Å². The summed E-state index contributed by atoms with van der Waals surface area (Å²) in [6.45, 7) is 6.72. The highest BCUT2D eigenvalue weighted by molar-refractivity contribution is 5.74. The first-order chi connectivity index (χ1) is 7.02. The number of nitrogens with one attached hydrogen (secondary N) is 1. The Labute approximate surface area is 92.6 Å². The van der Waals surface area contributed by atoms with Gasteiger partial charge in [-0.1, -0.05) is 0 Å². The van der Waals surface area contributed by atoms with E-state index < -0.39 is 0 Å². The van der Waals surface area contributed by atoms with Gasteiger partial charge in [-0.05, 0) is 33.7 Å². The van der Waals surface area contributed by atoms with E-state index in [4.69, 9.17) is 0 Å². The summed E-state index contributed by atoms with van der Waals surface area (Å²) in [5, 5.41) is 3.33. The molecule has 1 aliphatic rings. The van der Waals surface area contributed by atoms with Crippen LogP contribution < -0.4 is 5.32 Å². The van der Waals surface area contributed by atoms with Gasteiger partial charge in [0, 0.05) is 32.2 Å². The van der Waals surface area contributed by atoms with Crippen LogP contribution in [0.3, 0.4) is 0 Å². The highest BCUT2D eigenvalue weighted by atomic mass is 16.2. The second-order valence-corrected chi connectivity index (χ2v) is 4.59. The van der Waals surface area contributed by atoms with Crippen molar-refractivity contribution in [1.82, 2.24) is 15.1 Å². The van der Waals surface area contributed by atoms with Crippen molar-refractivity contribution in [1.29, 1.82) is 0 Å². The van der Waals surface area contributed by atoms with Gasteiger partial charge in [0.15, 0.2) is 0 Å². The van der Waals surface area contributed by atoms with Crippen molar-refractivity contribution in [3.63, 3.8) is 0 Å². The van der Waals surface area contributed by atoms with Crippen LogP contribution in [0, 0.1) is 0 Å². The largest absolute Gasteiger partial charge is 0.328 e. The smallest absolute Gasteiger partial charge is 0.319 e. The Kier molecular flexibility index (Phi) is 3.97. The maximum absolute atomic E-state index is 11.9. The molecule has 4 nitrogen and oxygen atoms in total. The number of likely N-dealkylation sites (tertiary alicyclic amines) is 1. The Bertz CT molecular complexity index is 222. The number of carbonyl (C=O) groups is 1. The Balaban J connectivity index is 2.47. The molecule has 0 aliphatic carbocycles. The maximum Gasteiger partial charge on any atom is 0.319 e. The topological polar surface area (TPSA) is 35.6 Å². The first-order valence-electron chi connectivity index (χ1n) is 5.71. The van der Waals surface area contributed by atoms with Crippen LogP contribution >= 0.6 is 0 Å². The van der Waals surface area contributed by atoms with E-state index in [0.29, 0.717) is 0 Å². The normalized spacial score (nSPS) is 20.1. The number of piperidine rings is 1. The minimum Gasteiger partial charge on any atom is -0.328 e. The van der Waals surface area contributed by atoms with E-state index in [1.54, 1.807) is 4.90 Å². The van der Waals surface area contributed by atoms with Gasteiger partial charge < -0.3 is 15.1 Å². The first-order valence-corrected chi connectivity index (χ1v) is 5.71. The molecule has 0 spiro atoms. The van der Waals surface area contributed by atoms with E-state index in [1.165, 1.54) is 0 Å². The van der Waals surface area contributed by atoms with E-state index in [9.17, 15) is 4.79 Å². The molecule has 0 aromatic carbocycles. The van der Waals surface area contributed by atoms with Crippen molar-refractivity contribution in [3.05, 3.63) is 0 Å². The molecule has 1 N–H and O–H groups in total. The van der Waals surface area contributed by atoms with E-state index in [2.05, 4.69) is 12.2 Å². The SMILES string of the molecule is CCN(C)C(=O)N1CCC(C)(NC)CC1. The Morgan fingerprint density at radius 2 is 2.00 bits per heavy atom. The molecule has 1 rings (SSSR count). The number of carbonyl (C=O) groups excluding carboxylic acids is 1. The molecule has 0 radical (unpaired) electrons. The lowest BCUT2D eigenvalue weighted by atomic mass is 9.90. The fourth-order valence-electron chi connectivity index (χ4n) is 1.82. The third kappa shape index (κ3) is 2.84. The van der Waals surface area contributed by atoms with E-state index >= 15 is 0 Å². The van der Waals surface area contributed by atoms with Crippen molar-refractivity contribution in [2.24, 2.45) is 0 Å². The van der Waals surface area contributed by atoms with Crippen LogP contribution in [0.1, 0.15) is 26.7 Å². The minimum atomic E-state index is 0.163. The Morgan fingerprint density at radius 1 is 1.47 bits per heavy atom. The minimum absolute atomic E-state index is 0.163. The molecule has 0 unspecified atom stereocenters. The number of urea groups is 1. The van der Waals surface area contributed by atoms with Crippen LogP contribution in [-0.2, 0) is 0 Å². The molecule has 0 saturated carbocycles. The summed E-state index contributed by atoms with van der Waals surface area (Å²) >= 11 is 0. The molecule has 1 fully saturated rings. The van der Waals surface area contributed by atoms with Crippen LogP contribution in [0.15, 0.2) is 0 Å². The van der Waals surface area contributed by atoms with Gasteiger partial charge in [0.1, 0.15) is 0 Å². The molecule has 0 aromatic heterocycles. The van der Waals surface area contributed by atoms with Crippen LogP contribution in [0.25, 0.3) is 0 Å². The fraction of sp³-hybridized carbons (Fsp3) is 0.909. The van der Waals surface area contributed by atoms with Crippen molar-refractivity contribution in [2.75, 3.05) is 33.7 Å². The summed E-state index contributed by atoms with van der Waals surface area (Å²) in [5.41, 5.74) is 0.210. The molecule has 88 valence electrons. The molecule has 0 bridgehead atoms. The monoisotopic (exact) mass is 213 g/mol. The maximum atomic E-state index is 11.9. The predicted octanol–water partition coefficient (Wildman–Crippen LogP) is 1.13. The molecule has 1 aliphatic heterocycles. The van der Waals surface area contributed by atoms with Gasteiger partial charge in [0.05, 0.1) is 0 Å². The second kappa shape index (κ2) is 4.84. The van der Waals surface area contributed by atoms with E-state index in [1.807, 2.05) is 25.9 Å². The Morgan fingerprint density at radius 3 is 2.40 bits per heavy atom. The molecule has 0 aromatic rings. The second-order valence-electron chi connectivity index (χ2n) is 4.59. The first kappa shape index (κ1) is 12.3. The van der Waals surface area contributed by atoms with Crippen molar-refractivity contribution in [3.8, 4) is 0 Å². The summed E-state index contributed by atoms with van der Waals surface area (Å²) in [7, 11) is 3.85. The van der Waals surface area contributed by atoms with Gasteiger partial charge in [-0.2, -0.15) is 0 Å². The van der Waals surface area contributed by atoms with E-state index in [0.717, 1.165) is 32.5 Å². The third-order valence-electron chi connectivity index (χ3n) is 3.54. The molecule has 1 heterocycles. The highest BCUT2D eigenvalue weighted by Gasteiger charge is 2.30. The van der Waals surface area contributed by atoms with Gasteiger partial charge >= 0.3 is 6.03 Å². The van der Waals surface area contributed by atoms with Gasteiger partial charge in [-0.25, -0.2) is 4.79 Å². The van der Waals surface area contributed by atoms with Crippen LogP contribution in [0.5, 0.6) is 0 Å². The zero-order chi connectivity index (χ0) is 11.5. The van der Waals surface area contributed by atoms with Gasteiger partial charge in [0.2, 0.25) is 0 Å². The van der Waals surface area contributed by atoms with Crippen LogP contribution in [0.4, 0.5) is 4.79 Å². The molecule has 15 heavy (non-hydrogen) atoms. The number of nitrogens with zero attached hydrogens (tertiary/aromatic N) is 2. The lowest BCUT2D eigenvalue weighted by Gasteiger charge is -2.40. The number of hydrogen-bond acceptors (Lipinski definition) is 2. The summed E-state index contributed by atoms with van der Waals surface area (Å²) in [6.07, 6.45) is 2.07. The number of hydrogen-bond donors (Lipinski definition) is 1. The standard InChI is InChI=1S/C11H23N3O/c1-5-13(4)10(15)14-8-6-11(2,12-3)7-9-14/h12H,5-9H2,1-4H3. The average molecular weight is 213 g/mol. The molecular formula is C11H23N3O. The van der Waals surface area contributed by atoms with Gasteiger partial charge in [-0.3, -0.25) is 0 Å². The Hall–Kier alpha value is -0.770. The molecule has 0 atom stereocenters. The molecule has 2 amide bonds. The molecular weight excluding hydrogens is 190 g/mol. The summed E-state index contributed by atoms with van der Waals surface area (Å²) < 4.78 is 0. The van der Waals surface area contributed by atoms with Crippen LogP contribution in [0.2, 0.25) is 0 Å². The molecule has 1 saturated heterocycles. The lowest BCUT2D eigenvalue weighted by Crippen LogP contribution is -2.53. The number of amides is 2. The third-order valence-corrected chi connectivity index (χ3v) is 3.54. The van der Waals surface area contributed by atoms with Crippen molar-refractivity contribution >= 4 is 6.03 Å². The molecule has 4 heteroatoms. The summed E-state index contributed by atoms with van der Waals surface area (Å²) in [6, 6.07) is 0.163.